The van der Waals surface area contributed by atoms with Gasteiger partial charge in [0, 0.05) is 41.7 Å². The number of halogens is 1. The molecule has 10 aromatic rings. The minimum atomic E-state index is 0.152. The molecular weight excluding hydrogens is 558 g/mol. The van der Waals surface area contributed by atoms with Crippen LogP contribution in [0.2, 0.25) is 5.28 Å². The molecule has 0 unspecified atom stereocenters. The number of nitrogens with zero attached hydrogens (tertiary/aromatic N) is 3. The summed E-state index contributed by atoms with van der Waals surface area (Å²) >= 11 is 8.50. The van der Waals surface area contributed by atoms with Gasteiger partial charge in [0.25, 0.3) is 0 Å². The molecule has 6 aromatic carbocycles. The molecule has 0 saturated heterocycles. The van der Waals surface area contributed by atoms with Crippen LogP contribution in [0, 0.1) is 0 Å². The maximum absolute atomic E-state index is 6.66. The Morgan fingerprint density at radius 2 is 1.31 bits per heavy atom. The maximum atomic E-state index is 6.66. The fourth-order valence-electron chi connectivity index (χ4n) is 6.89. The van der Waals surface area contributed by atoms with Crippen LogP contribution in [0.5, 0.6) is 0 Å². The summed E-state index contributed by atoms with van der Waals surface area (Å²) in [5.74, 6) is 0.720. The van der Waals surface area contributed by atoms with Crippen LogP contribution in [0.1, 0.15) is 0 Å². The lowest BCUT2D eigenvalue weighted by atomic mass is 9.97. The van der Waals surface area contributed by atoms with Crippen molar-refractivity contribution >= 4 is 109 Å². The molecule has 6 heteroatoms. The summed E-state index contributed by atoms with van der Waals surface area (Å²) in [6, 6.07) is 38.5. The number of hydrogen-bond acceptors (Lipinski definition) is 4. The summed E-state index contributed by atoms with van der Waals surface area (Å²) in [5, 5.41) is 11.7. The molecule has 196 valence electrons. The van der Waals surface area contributed by atoms with Gasteiger partial charge in [0.15, 0.2) is 5.82 Å². The van der Waals surface area contributed by atoms with Crippen LogP contribution < -0.4 is 0 Å². The molecule has 0 atom stereocenters. The first-order valence-electron chi connectivity index (χ1n) is 13.8. The summed E-state index contributed by atoms with van der Waals surface area (Å²) in [5.41, 5.74) is 3.43. The van der Waals surface area contributed by atoms with Gasteiger partial charge in [-0.3, -0.25) is 4.57 Å². The molecule has 0 aliphatic rings. The van der Waals surface area contributed by atoms with E-state index in [1.54, 1.807) is 0 Å². The van der Waals surface area contributed by atoms with E-state index in [4.69, 9.17) is 21.0 Å². The quantitative estimate of drug-likeness (QED) is 0.183. The van der Waals surface area contributed by atoms with Crippen LogP contribution in [0.3, 0.4) is 0 Å². The van der Waals surface area contributed by atoms with E-state index in [0.29, 0.717) is 5.71 Å². The molecular formula is C36H18ClN3OS. The molecule has 0 N–H and O–H groups in total. The van der Waals surface area contributed by atoms with E-state index in [1.165, 1.54) is 52.5 Å². The van der Waals surface area contributed by atoms with E-state index < -0.39 is 0 Å². The fraction of sp³-hybridized carbons (Fsp3) is 0. The van der Waals surface area contributed by atoms with Crippen molar-refractivity contribution in [1.29, 1.82) is 0 Å². The normalized spacial score (nSPS) is 12.4. The largest absolute Gasteiger partial charge is 0.437 e. The molecule has 0 fully saturated rings. The third-order valence-electron chi connectivity index (χ3n) is 8.54. The highest BCUT2D eigenvalue weighted by atomic mass is 35.5. The van der Waals surface area contributed by atoms with Crippen molar-refractivity contribution in [3.63, 3.8) is 0 Å². The van der Waals surface area contributed by atoms with Gasteiger partial charge in [0.05, 0.1) is 16.4 Å². The predicted octanol–water partition coefficient (Wildman–Crippen LogP) is 10.8. The zero-order valence-corrected chi connectivity index (χ0v) is 23.5. The molecule has 0 spiro atoms. The van der Waals surface area contributed by atoms with Gasteiger partial charge in [-0.25, -0.2) is 0 Å². The van der Waals surface area contributed by atoms with Crippen molar-refractivity contribution in [2.75, 3.05) is 0 Å². The Balaban J connectivity index is 1.59. The second-order valence-electron chi connectivity index (χ2n) is 10.7. The van der Waals surface area contributed by atoms with E-state index in [-0.39, 0.29) is 5.28 Å². The molecule has 0 amide bonds. The molecule has 4 aromatic heterocycles. The highest BCUT2D eigenvalue weighted by molar-refractivity contribution is 7.27. The Labute approximate surface area is 247 Å². The lowest BCUT2D eigenvalue weighted by Gasteiger charge is -2.11. The summed E-state index contributed by atoms with van der Waals surface area (Å²) in [6.07, 6.45) is 0. The summed E-state index contributed by atoms with van der Waals surface area (Å²) in [4.78, 5) is 9.48. The van der Waals surface area contributed by atoms with Crippen LogP contribution in [0.25, 0.3) is 91.4 Å². The van der Waals surface area contributed by atoms with E-state index in [2.05, 4.69) is 101 Å². The highest BCUT2D eigenvalue weighted by Crippen LogP contribution is 2.49. The van der Waals surface area contributed by atoms with Crippen molar-refractivity contribution in [2.45, 2.75) is 0 Å². The number of fused-ring (bicyclic) bond motifs is 15. The first-order valence-corrected chi connectivity index (χ1v) is 15.0. The number of furan rings is 1. The number of benzene rings is 6. The van der Waals surface area contributed by atoms with Crippen LogP contribution in [-0.4, -0.2) is 14.5 Å². The topological polar surface area (TPSA) is 43.9 Å². The van der Waals surface area contributed by atoms with E-state index in [1.807, 2.05) is 29.5 Å². The van der Waals surface area contributed by atoms with Gasteiger partial charge in [-0.05, 0) is 46.0 Å². The first kappa shape index (κ1) is 22.7. The lowest BCUT2D eigenvalue weighted by Crippen LogP contribution is -2.00. The maximum Gasteiger partial charge on any atom is 0.233 e. The van der Waals surface area contributed by atoms with Gasteiger partial charge in [-0.15, -0.1) is 11.3 Å². The third kappa shape index (κ3) is 2.82. The van der Waals surface area contributed by atoms with Crippen LogP contribution in [0.4, 0.5) is 0 Å². The number of rotatable bonds is 1. The molecule has 4 nitrogen and oxygen atoms in total. The van der Waals surface area contributed by atoms with Gasteiger partial charge in [-0.1, -0.05) is 91.0 Å². The molecule has 0 aliphatic heterocycles. The number of aromatic nitrogens is 3. The van der Waals surface area contributed by atoms with Gasteiger partial charge >= 0.3 is 0 Å². The Hall–Kier alpha value is -4.97. The van der Waals surface area contributed by atoms with Crippen molar-refractivity contribution in [1.82, 2.24) is 14.5 Å². The minimum Gasteiger partial charge on any atom is -0.437 e. The molecule has 10 rings (SSSR count). The number of para-hydroxylation sites is 1. The monoisotopic (exact) mass is 575 g/mol. The Morgan fingerprint density at radius 3 is 2.19 bits per heavy atom. The number of thiophene rings is 1. The van der Waals surface area contributed by atoms with Crippen molar-refractivity contribution < 1.29 is 4.42 Å². The van der Waals surface area contributed by atoms with Gasteiger partial charge in [-0.2, -0.15) is 9.97 Å². The Kier molecular flexibility index (Phi) is 4.36. The fourth-order valence-corrected chi connectivity index (χ4v) is 8.29. The second-order valence-corrected chi connectivity index (χ2v) is 12.1. The van der Waals surface area contributed by atoms with Gasteiger partial charge < -0.3 is 4.42 Å². The molecule has 0 radical (unpaired) electrons. The highest BCUT2D eigenvalue weighted by Gasteiger charge is 2.26. The third-order valence-corrected chi connectivity index (χ3v) is 9.91. The van der Waals surface area contributed by atoms with Crippen molar-refractivity contribution in [3.8, 4) is 5.82 Å². The lowest BCUT2D eigenvalue weighted by molar-refractivity contribution is 0.652. The SMILES string of the molecule is Clc1nc(-n2c3ccc4ccccc4c3c3c4ccccc4c4sc5ccccc5c4c32)c2c(n1)oc1ccccc12. The summed E-state index contributed by atoms with van der Waals surface area (Å²) in [6.45, 7) is 0. The Morgan fingerprint density at radius 1 is 0.595 bits per heavy atom. The average molecular weight is 576 g/mol. The summed E-state index contributed by atoms with van der Waals surface area (Å²) in [7, 11) is 0. The zero-order valence-electron chi connectivity index (χ0n) is 21.9. The van der Waals surface area contributed by atoms with E-state index in [9.17, 15) is 0 Å². The zero-order chi connectivity index (χ0) is 27.5. The van der Waals surface area contributed by atoms with E-state index >= 15 is 0 Å². The molecule has 4 heterocycles. The minimum absolute atomic E-state index is 0.152. The van der Waals surface area contributed by atoms with Crippen LogP contribution in [0.15, 0.2) is 114 Å². The summed E-state index contributed by atoms with van der Waals surface area (Å²) < 4.78 is 11.1. The van der Waals surface area contributed by atoms with Gasteiger partial charge in [0.2, 0.25) is 11.0 Å². The molecule has 0 aliphatic carbocycles. The average Bonchev–Trinajstić information content (AvgIpc) is 3.70. The second kappa shape index (κ2) is 8.07. The first-order chi connectivity index (χ1) is 20.8. The molecule has 0 bridgehead atoms. The van der Waals surface area contributed by atoms with Crippen LogP contribution in [-0.2, 0) is 0 Å². The smallest absolute Gasteiger partial charge is 0.233 e. The predicted molar refractivity (Wildman–Crippen MR) is 177 cm³/mol. The number of hydrogen-bond donors (Lipinski definition) is 0. The van der Waals surface area contributed by atoms with E-state index in [0.717, 1.165) is 33.2 Å². The van der Waals surface area contributed by atoms with Crippen molar-refractivity contribution in [2.24, 2.45) is 0 Å². The molecule has 42 heavy (non-hydrogen) atoms. The van der Waals surface area contributed by atoms with Crippen LogP contribution >= 0.6 is 22.9 Å². The van der Waals surface area contributed by atoms with Crippen molar-refractivity contribution in [3.05, 3.63) is 114 Å². The standard InChI is InChI=1S/C36H18ClN3OS/c37-36-38-34(31-23-13-5-7-15-26(23)41-35(31)39-36)40-25-18-17-19-9-1-2-10-20(19)28(25)29-21-11-3-4-12-22(21)33-30(32(29)40)24-14-6-8-16-27(24)42-33/h1-18H. The molecule has 0 saturated carbocycles. The van der Waals surface area contributed by atoms with Gasteiger partial charge in [0.1, 0.15) is 5.58 Å². The Bertz CT molecular complexity index is 2770.